The van der Waals surface area contributed by atoms with Crippen molar-refractivity contribution in [2.45, 2.75) is 64.1 Å². The van der Waals surface area contributed by atoms with Crippen molar-refractivity contribution < 1.29 is 27.9 Å². The summed E-state index contributed by atoms with van der Waals surface area (Å²) < 4.78 is 35.0. The van der Waals surface area contributed by atoms with Crippen molar-refractivity contribution in [1.82, 2.24) is 34.8 Å². The molecule has 0 fully saturated rings. The van der Waals surface area contributed by atoms with Crippen molar-refractivity contribution in [3.63, 3.8) is 0 Å². The third kappa shape index (κ3) is 13.3. The van der Waals surface area contributed by atoms with E-state index in [4.69, 9.17) is 10.5 Å². The summed E-state index contributed by atoms with van der Waals surface area (Å²) in [5.74, 6) is 0.485. The smallest absolute Gasteiger partial charge is 0.408 e. The SMILES string of the molecule is CNc1cc(-c2cc(CC(=O)[C@@H](N)Cc3ccc(F)cc3)n(C)n2)ccn1.CNc1cc(-c2cc(CC(=O)[C@H](Cc3ccc(F)cc3)NC(=O)OC(C)(C)C)n(C)n2)ccn1. The zero-order chi connectivity index (χ0) is 44.3. The summed E-state index contributed by atoms with van der Waals surface area (Å²) in [5, 5.41) is 17.7. The number of pyridine rings is 2. The fourth-order valence-electron chi connectivity index (χ4n) is 6.23. The Morgan fingerprint density at radius 2 is 1.13 bits per heavy atom. The Balaban J connectivity index is 0.000000237. The number of aromatic nitrogens is 6. The van der Waals surface area contributed by atoms with Crippen LogP contribution in [-0.4, -0.2) is 79.0 Å². The first kappa shape index (κ1) is 45.3. The molecular weight excluding hydrogens is 783 g/mol. The Morgan fingerprint density at radius 1 is 0.689 bits per heavy atom. The van der Waals surface area contributed by atoms with E-state index in [0.29, 0.717) is 23.6 Å². The number of nitrogens with one attached hydrogen (secondary N) is 3. The molecule has 0 unspecified atom stereocenters. The Kier molecular flexibility index (Phi) is 15.2. The molecule has 16 heteroatoms. The number of Topliss-reactive ketones (excluding diaryl/α,β-unsaturated/α-hetero) is 2. The minimum atomic E-state index is -0.851. The summed E-state index contributed by atoms with van der Waals surface area (Å²) in [4.78, 5) is 46.6. The maximum atomic E-state index is 13.3. The van der Waals surface area contributed by atoms with Crippen molar-refractivity contribution >= 4 is 29.3 Å². The average Bonchev–Trinajstić information content (AvgIpc) is 3.79. The van der Waals surface area contributed by atoms with Crippen molar-refractivity contribution in [2.24, 2.45) is 19.8 Å². The van der Waals surface area contributed by atoms with Crippen LogP contribution in [0.2, 0.25) is 0 Å². The van der Waals surface area contributed by atoms with Gasteiger partial charge in [0.15, 0.2) is 11.6 Å². The molecule has 2 atom stereocenters. The highest BCUT2D eigenvalue weighted by Crippen LogP contribution is 2.23. The zero-order valence-electron chi connectivity index (χ0n) is 35.4. The number of nitrogens with zero attached hydrogens (tertiary/aromatic N) is 6. The molecule has 0 saturated carbocycles. The summed E-state index contributed by atoms with van der Waals surface area (Å²) in [7, 11) is 7.16. The number of alkyl carbamates (subject to hydrolysis) is 1. The van der Waals surface area contributed by atoms with Crippen LogP contribution in [0.4, 0.5) is 25.2 Å². The molecule has 0 radical (unpaired) electrons. The molecule has 0 saturated heterocycles. The maximum Gasteiger partial charge on any atom is 0.408 e. The van der Waals surface area contributed by atoms with Gasteiger partial charge in [-0.15, -0.1) is 0 Å². The number of ketones is 2. The summed E-state index contributed by atoms with van der Waals surface area (Å²) >= 11 is 0. The molecule has 0 aliphatic rings. The number of anilines is 2. The molecule has 2 aromatic carbocycles. The number of rotatable bonds is 15. The van der Waals surface area contributed by atoms with Crippen LogP contribution in [0.5, 0.6) is 0 Å². The number of carbonyl (C=O) groups excluding carboxylic acids is 3. The van der Waals surface area contributed by atoms with E-state index in [9.17, 15) is 23.2 Å². The molecule has 4 aromatic heterocycles. The van der Waals surface area contributed by atoms with Gasteiger partial charge in [-0.1, -0.05) is 24.3 Å². The first-order valence-corrected chi connectivity index (χ1v) is 19.6. The van der Waals surface area contributed by atoms with Crippen LogP contribution in [0.15, 0.2) is 97.3 Å². The number of aryl methyl sites for hydroxylation is 2. The van der Waals surface area contributed by atoms with Crippen LogP contribution in [0.3, 0.4) is 0 Å². The van der Waals surface area contributed by atoms with Gasteiger partial charge in [-0.25, -0.2) is 23.5 Å². The Bertz CT molecular complexity index is 2430. The number of hydrogen-bond donors (Lipinski definition) is 4. The summed E-state index contributed by atoms with van der Waals surface area (Å²) in [6.45, 7) is 5.25. The van der Waals surface area contributed by atoms with E-state index in [0.717, 1.165) is 39.5 Å². The highest BCUT2D eigenvalue weighted by Gasteiger charge is 2.26. The Hall–Kier alpha value is -6.81. The molecule has 4 heterocycles. The van der Waals surface area contributed by atoms with Gasteiger partial charge >= 0.3 is 6.09 Å². The number of benzene rings is 2. The maximum absolute atomic E-state index is 13.3. The van der Waals surface area contributed by atoms with Crippen molar-refractivity contribution in [3.8, 4) is 22.5 Å². The summed E-state index contributed by atoms with van der Waals surface area (Å²) in [6, 6.07) is 21.6. The normalized spacial score (nSPS) is 12.1. The molecular formula is C45H52F2N10O4. The standard InChI is InChI=1S/C25H30FN5O3.C20H22FN5O/c1-25(2,3)34-24(33)29-21(12-16-6-8-18(26)9-7-16)22(32)15-19-14-20(30-31(19)5)17-10-11-28-23(13-17)27-4;1-23-20-10-14(7-8-24-20)18-11-16(26(2)25-18)12-19(27)17(22)9-13-3-5-15(21)6-4-13/h6-11,13-14,21H,12,15H2,1-5H3,(H,27,28)(H,29,33);3-8,10-11,17H,9,12,22H2,1-2H3,(H,23,24)/t21-;17-/m00/s1. The predicted octanol–water partition coefficient (Wildman–Crippen LogP) is 6.26. The number of hydrogen-bond acceptors (Lipinski definition) is 11. The molecule has 6 aromatic rings. The fourth-order valence-corrected chi connectivity index (χ4v) is 6.23. The zero-order valence-corrected chi connectivity index (χ0v) is 35.4. The van der Waals surface area contributed by atoms with Gasteiger partial charge in [0.2, 0.25) is 0 Å². The lowest BCUT2D eigenvalue weighted by Gasteiger charge is -2.23. The van der Waals surface area contributed by atoms with E-state index in [-0.39, 0.29) is 42.5 Å². The van der Waals surface area contributed by atoms with Crippen LogP contribution >= 0.6 is 0 Å². The minimum Gasteiger partial charge on any atom is -0.444 e. The topological polar surface area (TPSA) is 184 Å². The van der Waals surface area contributed by atoms with Gasteiger partial charge in [0.1, 0.15) is 28.9 Å². The van der Waals surface area contributed by atoms with Crippen LogP contribution in [0.25, 0.3) is 22.5 Å². The van der Waals surface area contributed by atoms with Crippen LogP contribution in [-0.2, 0) is 54.1 Å². The molecule has 1 amide bonds. The molecule has 320 valence electrons. The lowest BCUT2D eigenvalue weighted by molar-refractivity contribution is -0.121. The van der Waals surface area contributed by atoms with E-state index in [2.05, 4.69) is 36.1 Å². The molecule has 0 aliphatic heterocycles. The third-order valence-corrected chi connectivity index (χ3v) is 9.50. The van der Waals surface area contributed by atoms with Crippen molar-refractivity contribution in [3.05, 3.63) is 131 Å². The van der Waals surface area contributed by atoms with Gasteiger partial charge in [-0.2, -0.15) is 10.2 Å². The van der Waals surface area contributed by atoms with Gasteiger partial charge in [-0.3, -0.25) is 19.0 Å². The number of ether oxygens (including phenoxy) is 1. The molecule has 6 rings (SSSR count). The average molecular weight is 835 g/mol. The Labute approximate surface area is 353 Å². The summed E-state index contributed by atoms with van der Waals surface area (Å²) in [6.07, 6.45) is 3.53. The van der Waals surface area contributed by atoms with E-state index in [1.165, 1.54) is 24.3 Å². The molecule has 0 aliphatic carbocycles. The van der Waals surface area contributed by atoms with E-state index in [1.54, 1.807) is 95.0 Å². The van der Waals surface area contributed by atoms with Gasteiger partial charge in [-0.05, 0) is 105 Å². The first-order valence-electron chi connectivity index (χ1n) is 19.6. The van der Waals surface area contributed by atoms with Crippen molar-refractivity contribution in [1.29, 1.82) is 0 Å². The number of carbonyl (C=O) groups is 3. The molecule has 5 N–H and O–H groups in total. The van der Waals surface area contributed by atoms with E-state index in [1.807, 2.05) is 36.4 Å². The fraction of sp³-hybridized carbons (Fsp3) is 0.311. The number of nitrogens with two attached hydrogens (primary N) is 1. The van der Waals surface area contributed by atoms with Crippen molar-refractivity contribution in [2.75, 3.05) is 24.7 Å². The lowest BCUT2D eigenvalue weighted by Crippen LogP contribution is -2.45. The van der Waals surface area contributed by atoms with Gasteiger partial charge < -0.3 is 26.4 Å². The summed E-state index contributed by atoms with van der Waals surface area (Å²) in [5.41, 5.74) is 11.6. The quantitative estimate of drug-likeness (QED) is 0.0917. The van der Waals surface area contributed by atoms with Crippen LogP contribution < -0.4 is 21.7 Å². The van der Waals surface area contributed by atoms with Crippen LogP contribution in [0.1, 0.15) is 43.3 Å². The second-order valence-corrected chi connectivity index (χ2v) is 15.4. The Morgan fingerprint density at radius 3 is 1.57 bits per heavy atom. The highest BCUT2D eigenvalue weighted by molar-refractivity contribution is 5.89. The number of halogens is 2. The highest BCUT2D eigenvalue weighted by atomic mass is 19.1. The molecule has 0 spiro atoms. The largest absolute Gasteiger partial charge is 0.444 e. The monoisotopic (exact) mass is 834 g/mol. The van der Waals surface area contributed by atoms with Gasteiger partial charge in [0, 0.05) is 63.1 Å². The van der Waals surface area contributed by atoms with E-state index < -0.39 is 23.8 Å². The lowest BCUT2D eigenvalue weighted by atomic mass is 9.99. The van der Waals surface area contributed by atoms with E-state index >= 15 is 0 Å². The minimum absolute atomic E-state index is 0.0507. The molecule has 0 bridgehead atoms. The molecule has 14 nitrogen and oxygen atoms in total. The first-order chi connectivity index (χ1) is 29.0. The second-order valence-electron chi connectivity index (χ2n) is 15.4. The van der Waals surface area contributed by atoms with Gasteiger partial charge in [0.05, 0.1) is 36.3 Å². The second kappa shape index (κ2) is 20.4. The van der Waals surface area contributed by atoms with Crippen LogP contribution in [0, 0.1) is 11.6 Å². The van der Waals surface area contributed by atoms with Gasteiger partial charge in [0.25, 0.3) is 0 Å². The third-order valence-electron chi connectivity index (χ3n) is 9.50. The predicted molar refractivity (Wildman–Crippen MR) is 231 cm³/mol. The molecule has 61 heavy (non-hydrogen) atoms. The number of amides is 1.